The van der Waals surface area contributed by atoms with Crippen molar-refractivity contribution in [3.05, 3.63) is 82.0 Å². The van der Waals surface area contributed by atoms with E-state index in [0.29, 0.717) is 12.1 Å². The highest BCUT2D eigenvalue weighted by molar-refractivity contribution is 7.08. The van der Waals surface area contributed by atoms with Gasteiger partial charge in [0.25, 0.3) is 5.91 Å². The van der Waals surface area contributed by atoms with E-state index in [9.17, 15) is 4.79 Å². The van der Waals surface area contributed by atoms with E-state index < -0.39 is 0 Å². The van der Waals surface area contributed by atoms with Crippen LogP contribution in [0, 0.1) is 6.92 Å². The predicted octanol–water partition coefficient (Wildman–Crippen LogP) is 4.65. The Morgan fingerprint density at radius 3 is 2.55 bits per heavy atom. The summed E-state index contributed by atoms with van der Waals surface area (Å²) in [5.41, 5.74) is 5.34. The van der Waals surface area contributed by atoms with Gasteiger partial charge in [0.15, 0.2) is 0 Å². The molecule has 0 atom stereocenters. The van der Waals surface area contributed by atoms with Crippen LogP contribution in [0.3, 0.4) is 0 Å². The molecule has 0 fully saturated rings. The zero-order valence-corrected chi connectivity index (χ0v) is 13.2. The summed E-state index contributed by atoms with van der Waals surface area (Å²) in [6.45, 7) is 2.54. The van der Waals surface area contributed by atoms with Crippen molar-refractivity contribution in [2.75, 3.05) is 0 Å². The summed E-state index contributed by atoms with van der Waals surface area (Å²) in [4.78, 5) is 12.2. The predicted molar refractivity (Wildman–Crippen MR) is 92.1 cm³/mol. The molecule has 0 spiro atoms. The Labute approximate surface area is 134 Å². The monoisotopic (exact) mass is 307 g/mol. The second-order valence-corrected chi connectivity index (χ2v) is 6.00. The number of hydrogen-bond acceptors (Lipinski definition) is 2. The van der Waals surface area contributed by atoms with Crippen molar-refractivity contribution in [1.82, 2.24) is 5.32 Å². The second kappa shape index (κ2) is 6.58. The molecule has 1 aromatic heterocycles. The van der Waals surface area contributed by atoms with Crippen molar-refractivity contribution in [2.45, 2.75) is 13.5 Å². The lowest BCUT2D eigenvalue weighted by atomic mass is 10.0. The Bertz CT molecular complexity index is 760. The Hall–Kier alpha value is -2.39. The summed E-state index contributed by atoms with van der Waals surface area (Å²) in [5.74, 6) is -0.0416. The first-order valence-electron chi connectivity index (χ1n) is 7.19. The molecule has 1 N–H and O–H groups in total. The summed E-state index contributed by atoms with van der Waals surface area (Å²) in [6.07, 6.45) is 0. The van der Waals surface area contributed by atoms with E-state index in [1.807, 2.05) is 43.3 Å². The van der Waals surface area contributed by atoms with Crippen molar-refractivity contribution >= 4 is 17.2 Å². The molecule has 0 aliphatic rings. The molecule has 0 unspecified atom stereocenters. The lowest BCUT2D eigenvalue weighted by molar-refractivity contribution is 0.0951. The molecule has 3 rings (SSSR count). The molecule has 0 saturated carbocycles. The average molecular weight is 307 g/mol. The first-order chi connectivity index (χ1) is 10.7. The van der Waals surface area contributed by atoms with Crippen molar-refractivity contribution in [3.63, 3.8) is 0 Å². The molecule has 3 aromatic rings. The van der Waals surface area contributed by atoms with Crippen LogP contribution in [0.25, 0.3) is 11.1 Å². The van der Waals surface area contributed by atoms with Crippen molar-refractivity contribution in [3.8, 4) is 11.1 Å². The molecule has 3 heteroatoms. The first-order valence-corrected chi connectivity index (χ1v) is 8.13. The largest absolute Gasteiger partial charge is 0.348 e. The highest BCUT2D eigenvalue weighted by Crippen LogP contribution is 2.25. The van der Waals surface area contributed by atoms with Crippen LogP contribution in [0.15, 0.2) is 65.4 Å². The van der Waals surface area contributed by atoms with Crippen LogP contribution >= 0.6 is 11.3 Å². The number of hydrogen-bond donors (Lipinski definition) is 1. The molecular weight excluding hydrogens is 290 g/mol. The fourth-order valence-corrected chi connectivity index (χ4v) is 3.01. The van der Waals surface area contributed by atoms with Gasteiger partial charge in [-0.3, -0.25) is 4.79 Å². The lowest BCUT2D eigenvalue weighted by Crippen LogP contribution is -2.23. The summed E-state index contributed by atoms with van der Waals surface area (Å²) in [5, 5.41) is 7.19. The Balaban J connectivity index is 1.74. The van der Waals surface area contributed by atoms with E-state index in [1.165, 1.54) is 11.1 Å². The van der Waals surface area contributed by atoms with Gasteiger partial charge >= 0.3 is 0 Å². The SMILES string of the molecule is Cc1ccc(C(=O)NCc2ccccc2-c2ccsc2)cc1. The summed E-state index contributed by atoms with van der Waals surface area (Å²) < 4.78 is 0. The number of rotatable bonds is 4. The fourth-order valence-electron chi connectivity index (χ4n) is 2.36. The summed E-state index contributed by atoms with van der Waals surface area (Å²) >= 11 is 1.68. The van der Waals surface area contributed by atoms with Gasteiger partial charge in [0.2, 0.25) is 0 Å². The number of amides is 1. The van der Waals surface area contributed by atoms with E-state index in [4.69, 9.17) is 0 Å². The van der Waals surface area contributed by atoms with Crippen LogP contribution in [0.2, 0.25) is 0 Å². The van der Waals surface area contributed by atoms with Crippen LogP contribution in [0.4, 0.5) is 0 Å². The summed E-state index contributed by atoms with van der Waals surface area (Å²) in [7, 11) is 0. The fraction of sp³-hybridized carbons (Fsp3) is 0.105. The Morgan fingerprint density at radius 1 is 1.05 bits per heavy atom. The van der Waals surface area contributed by atoms with E-state index in [-0.39, 0.29) is 5.91 Å². The van der Waals surface area contributed by atoms with Gasteiger partial charge in [-0.25, -0.2) is 0 Å². The van der Waals surface area contributed by atoms with Gasteiger partial charge in [-0.1, -0.05) is 42.0 Å². The Morgan fingerprint density at radius 2 is 1.82 bits per heavy atom. The van der Waals surface area contributed by atoms with Crippen molar-refractivity contribution in [2.24, 2.45) is 0 Å². The van der Waals surface area contributed by atoms with E-state index in [0.717, 1.165) is 11.1 Å². The van der Waals surface area contributed by atoms with E-state index >= 15 is 0 Å². The molecule has 2 nitrogen and oxygen atoms in total. The minimum absolute atomic E-state index is 0.0416. The third kappa shape index (κ3) is 3.26. The molecule has 0 saturated heterocycles. The molecule has 0 radical (unpaired) electrons. The maximum Gasteiger partial charge on any atom is 0.251 e. The van der Waals surface area contributed by atoms with Gasteiger partial charge in [-0.15, -0.1) is 0 Å². The van der Waals surface area contributed by atoms with Gasteiger partial charge in [-0.2, -0.15) is 11.3 Å². The van der Waals surface area contributed by atoms with Gasteiger partial charge in [-0.05, 0) is 52.6 Å². The highest BCUT2D eigenvalue weighted by atomic mass is 32.1. The minimum atomic E-state index is -0.0416. The maximum absolute atomic E-state index is 12.2. The van der Waals surface area contributed by atoms with Gasteiger partial charge < -0.3 is 5.32 Å². The zero-order valence-electron chi connectivity index (χ0n) is 12.4. The number of benzene rings is 2. The van der Waals surface area contributed by atoms with E-state index in [2.05, 4.69) is 34.3 Å². The van der Waals surface area contributed by atoms with Gasteiger partial charge in [0.1, 0.15) is 0 Å². The van der Waals surface area contributed by atoms with Crippen LogP contribution in [0.5, 0.6) is 0 Å². The average Bonchev–Trinajstić information content (AvgIpc) is 3.08. The summed E-state index contributed by atoms with van der Waals surface area (Å²) in [6, 6.07) is 17.9. The molecule has 110 valence electrons. The van der Waals surface area contributed by atoms with Gasteiger partial charge in [0.05, 0.1) is 0 Å². The molecule has 22 heavy (non-hydrogen) atoms. The van der Waals surface area contributed by atoms with Crippen LogP contribution in [-0.4, -0.2) is 5.91 Å². The number of thiophene rings is 1. The topological polar surface area (TPSA) is 29.1 Å². The van der Waals surface area contributed by atoms with E-state index in [1.54, 1.807) is 11.3 Å². The minimum Gasteiger partial charge on any atom is -0.348 e. The second-order valence-electron chi connectivity index (χ2n) is 5.22. The highest BCUT2D eigenvalue weighted by Gasteiger charge is 2.08. The third-order valence-corrected chi connectivity index (χ3v) is 4.29. The van der Waals surface area contributed by atoms with Crippen LogP contribution in [-0.2, 0) is 6.54 Å². The number of carbonyl (C=O) groups is 1. The number of aryl methyl sites for hydroxylation is 1. The third-order valence-electron chi connectivity index (χ3n) is 3.60. The normalized spacial score (nSPS) is 10.4. The van der Waals surface area contributed by atoms with Crippen LogP contribution < -0.4 is 5.32 Å². The molecule has 2 aromatic carbocycles. The lowest BCUT2D eigenvalue weighted by Gasteiger charge is -2.10. The van der Waals surface area contributed by atoms with Gasteiger partial charge in [0, 0.05) is 12.1 Å². The van der Waals surface area contributed by atoms with Crippen molar-refractivity contribution in [1.29, 1.82) is 0 Å². The molecular formula is C19H17NOS. The zero-order chi connectivity index (χ0) is 15.4. The smallest absolute Gasteiger partial charge is 0.251 e. The molecule has 1 heterocycles. The molecule has 0 aliphatic heterocycles. The maximum atomic E-state index is 12.2. The molecule has 0 aliphatic carbocycles. The first kappa shape index (κ1) is 14.5. The number of carbonyl (C=O) groups excluding carboxylic acids is 1. The standard InChI is InChI=1S/C19H17NOS/c1-14-6-8-15(9-7-14)19(21)20-12-16-4-2-3-5-18(16)17-10-11-22-13-17/h2-11,13H,12H2,1H3,(H,20,21). The molecule has 1 amide bonds. The quantitative estimate of drug-likeness (QED) is 0.746. The Kier molecular flexibility index (Phi) is 4.35. The van der Waals surface area contributed by atoms with Crippen LogP contribution in [0.1, 0.15) is 21.5 Å². The van der Waals surface area contributed by atoms with Crippen molar-refractivity contribution < 1.29 is 4.79 Å². The number of nitrogens with one attached hydrogen (secondary N) is 1. The molecule has 0 bridgehead atoms.